The summed E-state index contributed by atoms with van der Waals surface area (Å²) in [5, 5.41) is 10.1. The lowest BCUT2D eigenvalue weighted by Gasteiger charge is -2.35. The van der Waals surface area contributed by atoms with E-state index in [2.05, 4.69) is 43.9 Å². The van der Waals surface area contributed by atoms with E-state index in [9.17, 15) is 5.26 Å². The molecule has 1 aliphatic rings. The topological polar surface area (TPSA) is 27.0 Å². The number of halogens is 1. The Labute approximate surface area is 166 Å². The van der Waals surface area contributed by atoms with Gasteiger partial charge in [0.25, 0.3) is 0 Å². The van der Waals surface area contributed by atoms with Crippen LogP contribution in [-0.4, -0.2) is 18.0 Å². The van der Waals surface area contributed by atoms with Crippen molar-refractivity contribution in [2.75, 3.05) is 13.1 Å². The Morgan fingerprint density at radius 1 is 1.15 bits per heavy atom. The van der Waals surface area contributed by atoms with Crippen LogP contribution >= 0.6 is 23.4 Å². The highest BCUT2D eigenvalue weighted by molar-refractivity contribution is 7.99. The first-order valence-corrected chi connectivity index (χ1v) is 10.3. The van der Waals surface area contributed by atoms with Crippen LogP contribution in [0.3, 0.4) is 0 Å². The molecule has 2 atom stereocenters. The second kappa shape index (κ2) is 8.48. The summed E-state index contributed by atoms with van der Waals surface area (Å²) in [6.07, 6.45) is 1.30. The average Bonchev–Trinajstić information content (AvgIpc) is 2.54. The summed E-state index contributed by atoms with van der Waals surface area (Å²) in [4.78, 5) is 4.88. The van der Waals surface area contributed by atoms with Gasteiger partial charge >= 0.3 is 0 Å². The van der Waals surface area contributed by atoms with E-state index in [-0.39, 0.29) is 0 Å². The lowest BCUT2D eigenvalue weighted by molar-refractivity contribution is 0.133. The minimum Gasteiger partial charge on any atom is -0.299 e. The van der Waals surface area contributed by atoms with E-state index in [4.69, 9.17) is 11.6 Å². The van der Waals surface area contributed by atoms with E-state index < -0.39 is 0 Å². The summed E-state index contributed by atoms with van der Waals surface area (Å²) in [5.74, 6) is 1.45. The second-order valence-electron chi connectivity index (χ2n) is 7.64. The van der Waals surface area contributed by atoms with Gasteiger partial charge in [-0.25, -0.2) is 0 Å². The van der Waals surface area contributed by atoms with Gasteiger partial charge in [-0.15, -0.1) is 0 Å². The third-order valence-corrected chi connectivity index (χ3v) is 6.08. The molecule has 1 fully saturated rings. The second-order valence-corrected chi connectivity index (χ2v) is 9.19. The van der Waals surface area contributed by atoms with Crippen molar-refractivity contribution in [1.82, 2.24) is 4.90 Å². The molecule has 3 rings (SSSR count). The fourth-order valence-corrected chi connectivity index (χ4v) is 5.35. The molecule has 0 amide bonds. The zero-order valence-electron chi connectivity index (χ0n) is 15.6. The molecule has 1 aliphatic heterocycles. The van der Waals surface area contributed by atoms with Gasteiger partial charge in [-0.3, -0.25) is 4.90 Å². The van der Waals surface area contributed by atoms with E-state index in [1.807, 2.05) is 24.3 Å². The third-order valence-electron chi connectivity index (χ3n) is 4.77. The molecule has 2 aromatic carbocycles. The van der Waals surface area contributed by atoms with Crippen molar-refractivity contribution in [2.45, 2.75) is 43.5 Å². The maximum Gasteiger partial charge on any atom is 0.0991 e. The zero-order valence-corrected chi connectivity index (χ0v) is 17.2. The smallest absolute Gasteiger partial charge is 0.0991 e. The molecule has 0 aromatic heterocycles. The number of hydrogen-bond donors (Lipinski definition) is 0. The van der Waals surface area contributed by atoms with Crippen molar-refractivity contribution in [1.29, 1.82) is 5.26 Å². The molecule has 2 nitrogen and oxygen atoms in total. The Hall–Kier alpha value is -1.47. The molecule has 4 heteroatoms. The Bertz CT molecular complexity index is 797. The zero-order chi connectivity index (χ0) is 18.7. The third kappa shape index (κ3) is 5.04. The van der Waals surface area contributed by atoms with Crippen LogP contribution in [0, 0.1) is 30.1 Å². The van der Waals surface area contributed by atoms with Gasteiger partial charge in [-0.2, -0.15) is 5.26 Å². The Morgan fingerprint density at radius 2 is 1.88 bits per heavy atom. The first kappa shape index (κ1) is 19.3. The molecule has 0 N–H and O–H groups in total. The number of likely N-dealkylation sites (tertiary alicyclic amines) is 1. The van der Waals surface area contributed by atoms with Crippen LogP contribution in [0.5, 0.6) is 0 Å². The summed E-state index contributed by atoms with van der Waals surface area (Å²) in [6.45, 7) is 9.87. The fourth-order valence-electron chi connectivity index (χ4n) is 3.92. The van der Waals surface area contributed by atoms with Crippen molar-refractivity contribution < 1.29 is 0 Å². The number of piperidine rings is 1. The first-order chi connectivity index (χ1) is 12.4. The largest absolute Gasteiger partial charge is 0.299 e. The van der Waals surface area contributed by atoms with Crippen LogP contribution in [-0.2, 0) is 6.54 Å². The Balaban J connectivity index is 1.86. The van der Waals surface area contributed by atoms with Gasteiger partial charge in [0.05, 0.1) is 11.6 Å². The molecule has 0 saturated carbocycles. The predicted molar refractivity (Wildman–Crippen MR) is 110 cm³/mol. The van der Waals surface area contributed by atoms with Crippen LogP contribution in [0.25, 0.3) is 0 Å². The Morgan fingerprint density at radius 3 is 2.54 bits per heavy atom. The Kier molecular flexibility index (Phi) is 6.29. The number of nitrogens with zero attached hydrogens (tertiary/aromatic N) is 2. The van der Waals surface area contributed by atoms with Gasteiger partial charge in [0.1, 0.15) is 0 Å². The molecule has 1 saturated heterocycles. The number of hydrogen-bond acceptors (Lipinski definition) is 3. The molecule has 1 heterocycles. The number of rotatable bonds is 4. The van der Waals surface area contributed by atoms with E-state index in [1.165, 1.54) is 16.9 Å². The average molecular weight is 385 g/mol. The van der Waals surface area contributed by atoms with Crippen LogP contribution < -0.4 is 0 Å². The highest BCUT2D eigenvalue weighted by Gasteiger charge is 2.22. The number of aryl methyl sites for hydroxylation is 1. The quantitative estimate of drug-likeness (QED) is 0.632. The van der Waals surface area contributed by atoms with Crippen molar-refractivity contribution >= 4 is 23.4 Å². The van der Waals surface area contributed by atoms with Crippen LogP contribution in [0.1, 0.15) is 37.0 Å². The minimum absolute atomic E-state index is 0.726. The normalized spacial score (nSPS) is 20.7. The fraction of sp³-hybridized carbons (Fsp3) is 0.409. The van der Waals surface area contributed by atoms with Crippen molar-refractivity contribution in [2.24, 2.45) is 11.8 Å². The summed E-state index contributed by atoms with van der Waals surface area (Å²) in [6, 6.07) is 14.4. The lowest BCUT2D eigenvalue weighted by Crippen LogP contribution is -2.38. The van der Waals surface area contributed by atoms with E-state index >= 15 is 0 Å². The molecular formula is C22H25ClN2S. The maximum absolute atomic E-state index is 9.32. The van der Waals surface area contributed by atoms with Gasteiger partial charge in [-0.05, 0) is 72.7 Å². The first-order valence-electron chi connectivity index (χ1n) is 9.13. The van der Waals surface area contributed by atoms with Gasteiger partial charge in [0.15, 0.2) is 0 Å². The lowest BCUT2D eigenvalue weighted by atomic mass is 9.91. The van der Waals surface area contributed by atoms with E-state index in [1.54, 1.807) is 11.8 Å². The molecule has 0 spiro atoms. The van der Waals surface area contributed by atoms with Crippen LogP contribution in [0.15, 0.2) is 46.2 Å². The molecule has 26 heavy (non-hydrogen) atoms. The SMILES string of the molecule is Cc1cc(Cl)cc(Sc2ccc(C#N)cc2CN2CC(C)CC(C)C2)c1. The molecule has 0 bridgehead atoms. The standard InChI is InChI=1S/C22H25ClN2S/c1-15-7-20(23)10-21(8-15)26-22-5-4-18(11-24)9-19(22)14-25-12-16(2)6-17(3)13-25/h4-5,7-10,16-17H,6,12-14H2,1-3H3. The highest BCUT2D eigenvalue weighted by Crippen LogP contribution is 2.34. The van der Waals surface area contributed by atoms with Crippen molar-refractivity contribution in [3.8, 4) is 6.07 Å². The van der Waals surface area contributed by atoms with Gasteiger partial charge in [0, 0.05) is 34.4 Å². The van der Waals surface area contributed by atoms with E-state index in [0.29, 0.717) is 0 Å². The summed E-state index contributed by atoms with van der Waals surface area (Å²) < 4.78 is 0. The summed E-state index contributed by atoms with van der Waals surface area (Å²) in [5.41, 5.74) is 3.12. The molecule has 2 unspecified atom stereocenters. The van der Waals surface area contributed by atoms with Crippen LogP contribution in [0.4, 0.5) is 0 Å². The minimum atomic E-state index is 0.726. The molecule has 0 radical (unpaired) electrons. The number of nitriles is 1. The monoisotopic (exact) mass is 384 g/mol. The predicted octanol–water partition coefficient (Wildman–Crippen LogP) is 6.15. The van der Waals surface area contributed by atoms with Gasteiger partial charge in [0.2, 0.25) is 0 Å². The van der Waals surface area contributed by atoms with Gasteiger partial charge < -0.3 is 0 Å². The van der Waals surface area contributed by atoms with E-state index in [0.717, 1.165) is 52.5 Å². The molecule has 136 valence electrons. The molecular weight excluding hydrogens is 360 g/mol. The highest BCUT2D eigenvalue weighted by atomic mass is 35.5. The van der Waals surface area contributed by atoms with Crippen molar-refractivity contribution in [3.63, 3.8) is 0 Å². The summed E-state index contributed by atoms with van der Waals surface area (Å²) >= 11 is 7.96. The molecule has 0 aliphatic carbocycles. The van der Waals surface area contributed by atoms with Gasteiger partial charge in [-0.1, -0.05) is 37.2 Å². The van der Waals surface area contributed by atoms with Crippen LogP contribution in [0.2, 0.25) is 5.02 Å². The molecule has 2 aromatic rings. The van der Waals surface area contributed by atoms with Crippen molar-refractivity contribution in [3.05, 3.63) is 58.1 Å². The summed E-state index contributed by atoms with van der Waals surface area (Å²) in [7, 11) is 0. The number of benzene rings is 2. The maximum atomic E-state index is 9.32.